The van der Waals surface area contributed by atoms with Crippen LogP contribution in [0.5, 0.6) is 11.5 Å². The lowest BCUT2D eigenvalue weighted by atomic mass is 10.1. The predicted molar refractivity (Wildman–Crippen MR) is 199 cm³/mol. The molecule has 4 rings (SSSR count). The number of ether oxygens (including phenoxy) is 1. The smallest absolute Gasteiger partial charge is 0.296 e. The molecule has 0 saturated carbocycles. The summed E-state index contributed by atoms with van der Waals surface area (Å²) < 4.78 is 113. The van der Waals surface area contributed by atoms with Crippen LogP contribution in [0.4, 0.5) is 28.4 Å². The Kier molecular flexibility index (Phi) is 17.3. The second-order valence-corrected chi connectivity index (χ2v) is 17.8. The number of aromatic hydroxyl groups is 1. The molecular formula is C27H27N5O20S6. The van der Waals surface area contributed by atoms with Crippen molar-refractivity contribution in [2.45, 2.75) is 19.6 Å². The lowest BCUT2D eigenvalue weighted by Crippen LogP contribution is -2.11. The molecule has 7 N–H and O–H groups in total. The molecule has 4 aromatic rings. The monoisotopic (exact) mass is 933 g/mol. The highest BCUT2D eigenvalue weighted by atomic mass is 32.2. The fourth-order valence-electron chi connectivity index (χ4n) is 4.54. The van der Waals surface area contributed by atoms with E-state index in [1.807, 2.05) is 0 Å². The van der Waals surface area contributed by atoms with E-state index in [0.717, 1.165) is 24.3 Å². The number of nitrogens with zero attached hydrogens (tertiary/aromatic N) is 4. The minimum absolute atomic E-state index is 0.0131. The van der Waals surface area contributed by atoms with Crippen LogP contribution in [0.15, 0.2) is 94.6 Å². The van der Waals surface area contributed by atoms with Crippen LogP contribution in [-0.2, 0) is 66.3 Å². The molecule has 316 valence electrons. The Morgan fingerprint density at radius 3 is 1.79 bits per heavy atom. The number of azo groups is 2. The number of sulfone groups is 2. The van der Waals surface area contributed by atoms with Gasteiger partial charge in [0.05, 0.1) is 64.2 Å². The minimum atomic E-state index is -5.04. The first-order valence-electron chi connectivity index (χ1n) is 14.9. The number of phenolic OH excluding ortho intramolecular Hbond substituents is 1. The van der Waals surface area contributed by atoms with Crippen molar-refractivity contribution < 1.29 is 91.9 Å². The van der Waals surface area contributed by atoms with Crippen molar-refractivity contribution in [3.05, 3.63) is 54.6 Å². The van der Waals surface area contributed by atoms with E-state index in [2.05, 4.69) is 48.6 Å². The normalized spacial score (nSPS) is 12.6. The van der Waals surface area contributed by atoms with Gasteiger partial charge in [-0.05, 0) is 54.6 Å². The molecule has 0 radical (unpaired) electrons. The zero-order chi connectivity index (χ0) is 42.5. The fourth-order valence-corrected chi connectivity index (χ4v) is 8.48. The molecule has 0 bridgehead atoms. The van der Waals surface area contributed by atoms with Gasteiger partial charge in [0.1, 0.15) is 33.4 Å². The molecule has 31 heteroatoms. The SMILES string of the molecule is COc1ccc(S(=O)(=O)CCOSOOO)cc1N=Nc1c(N)ccc2c(O)c(N=Nc3cc(S(=O)(=O)CCOSOOO)ccc3S(=O)(=O)O)c(SOOO)cc12. The number of fused-ring (bicyclic) bond motifs is 1. The van der Waals surface area contributed by atoms with Crippen molar-refractivity contribution in [3.63, 3.8) is 0 Å². The van der Waals surface area contributed by atoms with Crippen LogP contribution in [0.25, 0.3) is 10.8 Å². The molecule has 0 unspecified atom stereocenters. The van der Waals surface area contributed by atoms with Crippen molar-refractivity contribution in [2.75, 3.05) is 37.6 Å². The lowest BCUT2D eigenvalue weighted by molar-refractivity contribution is -0.434. The molecule has 58 heavy (non-hydrogen) atoms. The Bertz CT molecular complexity index is 2480. The third-order valence-corrected chi connectivity index (χ3v) is 12.7. The zero-order valence-corrected chi connectivity index (χ0v) is 33.6. The number of hydrogen-bond acceptors (Lipinski definition) is 27. The average molecular weight is 934 g/mol. The molecule has 0 saturated heterocycles. The van der Waals surface area contributed by atoms with Crippen LogP contribution in [0.3, 0.4) is 0 Å². The highest BCUT2D eigenvalue weighted by Crippen LogP contribution is 2.48. The largest absolute Gasteiger partial charge is 0.505 e. The summed E-state index contributed by atoms with van der Waals surface area (Å²) in [4.78, 5) is -1.78. The second-order valence-electron chi connectivity index (χ2n) is 10.4. The number of anilines is 1. The molecule has 0 amide bonds. The molecule has 25 nitrogen and oxygen atoms in total. The molecule has 0 atom stereocenters. The summed E-state index contributed by atoms with van der Waals surface area (Å²) in [6.45, 7) is -0.858. The van der Waals surface area contributed by atoms with Crippen LogP contribution >= 0.6 is 36.7 Å². The number of benzene rings is 4. The maximum atomic E-state index is 12.9. The summed E-state index contributed by atoms with van der Waals surface area (Å²) in [5.41, 5.74) is 4.86. The average Bonchev–Trinajstić information content (AvgIpc) is 3.18. The fraction of sp³-hybridized carbons (Fsp3) is 0.185. The summed E-state index contributed by atoms with van der Waals surface area (Å²) in [7, 11) is -11.9. The summed E-state index contributed by atoms with van der Waals surface area (Å²) in [6.07, 6.45) is 0. The van der Waals surface area contributed by atoms with Crippen molar-refractivity contribution in [1.82, 2.24) is 0 Å². The van der Waals surface area contributed by atoms with Gasteiger partial charge in [-0.15, -0.1) is 33.5 Å². The summed E-state index contributed by atoms with van der Waals surface area (Å²) >= 11 is 0.571. The van der Waals surface area contributed by atoms with Crippen molar-refractivity contribution >= 4 is 106 Å². The van der Waals surface area contributed by atoms with Crippen LogP contribution in [0.1, 0.15) is 0 Å². The molecule has 4 aromatic carbocycles. The van der Waals surface area contributed by atoms with Gasteiger partial charge in [-0.3, -0.25) is 12.9 Å². The van der Waals surface area contributed by atoms with Crippen molar-refractivity contribution in [3.8, 4) is 11.5 Å². The van der Waals surface area contributed by atoms with Gasteiger partial charge in [-0.25, -0.2) is 32.6 Å². The van der Waals surface area contributed by atoms with Crippen LogP contribution in [-0.4, -0.2) is 82.5 Å². The van der Waals surface area contributed by atoms with Crippen LogP contribution < -0.4 is 10.5 Å². The van der Waals surface area contributed by atoms with Gasteiger partial charge in [0.15, 0.2) is 50.1 Å². The molecule has 0 heterocycles. The van der Waals surface area contributed by atoms with E-state index < -0.39 is 74.8 Å². The number of hydrogen-bond donors (Lipinski definition) is 6. The maximum Gasteiger partial charge on any atom is 0.296 e. The van der Waals surface area contributed by atoms with Gasteiger partial charge in [-0.1, -0.05) is 15.1 Å². The summed E-state index contributed by atoms with van der Waals surface area (Å²) in [6, 6.07) is 10.00. The Hall–Kier alpha value is -3.84. The summed E-state index contributed by atoms with van der Waals surface area (Å²) in [5.74, 6) is -1.80. The van der Waals surface area contributed by atoms with Gasteiger partial charge in [0.25, 0.3) is 10.1 Å². The van der Waals surface area contributed by atoms with E-state index >= 15 is 0 Å². The van der Waals surface area contributed by atoms with E-state index in [9.17, 15) is 34.9 Å². The van der Waals surface area contributed by atoms with E-state index in [1.165, 1.54) is 37.4 Å². The van der Waals surface area contributed by atoms with Crippen LogP contribution in [0, 0.1) is 0 Å². The first kappa shape index (κ1) is 46.8. The first-order chi connectivity index (χ1) is 27.6. The molecule has 0 aromatic heterocycles. The standard InChI is InChI=1S/C27H27N5O20S6/c1-44-22-6-2-15(56(37,38)10-8-45-54-51-48-35)12-20(22)29-31-25-18-14-23(53-50-47-34)26(27(33)17(18)4-5-19(25)28)32-30-21-13-16(3-7-24(21)58(41,42)43)57(39,40)11-9-46-55-52-49-36/h2-7,12-14,33-36H,8-11,28H2,1H3,(H,41,42,43). The Labute approximate surface area is 339 Å². The minimum Gasteiger partial charge on any atom is -0.505 e. The Morgan fingerprint density at radius 1 is 0.672 bits per heavy atom. The predicted octanol–water partition coefficient (Wildman–Crippen LogP) is 6.19. The number of phenols is 1. The molecule has 0 aliphatic carbocycles. The Balaban J connectivity index is 1.78. The molecule has 0 fully saturated rings. The van der Waals surface area contributed by atoms with E-state index in [1.54, 1.807) is 0 Å². The first-order valence-corrected chi connectivity index (χ1v) is 21.7. The third kappa shape index (κ3) is 12.3. The second kappa shape index (κ2) is 21.4. The van der Waals surface area contributed by atoms with Crippen molar-refractivity contribution in [1.29, 1.82) is 0 Å². The van der Waals surface area contributed by atoms with Gasteiger partial charge >= 0.3 is 0 Å². The lowest BCUT2D eigenvalue weighted by Gasteiger charge is -2.12. The molecule has 0 aliphatic rings. The number of methoxy groups -OCH3 is 1. The zero-order valence-electron chi connectivity index (χ0n) is 28.7. The molecule has 0 spiro atoms. The molecular weight excluding hydrogens is 907 g/mol. The highest BCUT2D eigenvalue weighted by molar-refractivity contribution is 7.94. The van der Waals surface area contributed by atoms with Gasteiger partial charge in [0, 0.05) is 10.8 Å². The third-order valence-electron chi connectivity index (χ3n) is 7.07. The Morgan fingerprint density at radius 2 is 1.22 bits per heavy atom. The maximum absolute atomic E-state index is 12.9. The van der Waals surface area contributed by atoms with Gasteiger partial charge in [-0.2, -0.15) is 8.42 Å². The van der Waals surface area contributed by atoms with E-state index in [4.69, 9.17) is 34.6 Å². The van der Waals surface area contributed by atoms with Crippen molar-refractivity contribution in [2.24, 2.45) is 20.5 Å². The number of nitrogens with two attached hydrogens (primary N) is 1. The number of rotatable bonds is 23. The molecule has 0 aliphatic heterocycles. The van der Waals surface area contributed by atoms with E-state index in [-0.39, 0.29) is 86.7 Å². The quantitative estimate of drug-likeness (QED) is 0.00917. The van der Waals surface area contributed by atoms with E-state index in [0.29, 0.717) is 0 Å². The summed E-state index contributed by atoms with van der Waals surface area (Å²) in [5, 5.41) is 63.0. The highest BCUT2D eigenvalue weighted by Gasteiger charge is 2.24. The van der Waals surface area contributed by atoms with Gasteiger partial charge in [0.2, 0.25) is 0 Å². The van der Waals surface area contributed by atoms with Crippen LogP contribution in [0.2, 0.25) is 0 Å². The number of nitrogen functional groups attached to an aromatic ring is 1. The topological polar surface area (TPSA) is 362 Å². The van der Waals surface area contributed by atoms with Gasteiger partial charge < -0.3 is 15.6 Å².